The van der Waals surface area contributed by atoms with E-state index in [1.165, 1.54) is 23.1 Å². The van der Waals surface area contributed by atoms with Gasteiger partial charge in [-0.2, -0.15) is 11.8 Å². The summed E-state index contributed by atoms with van der Waals surface area (Å²) in [6, 6.07) is 20.1. The Kier molecular flexibility index (Phi) is 3.90. The van der Waals surface area contributed by atoms with E-state index < -0.39 is 0 Å². The third kappa shape index (κ3) is 2.70. The summed E-state index contributed by atoms with van der Waals surface area (Å²) in [6.07, 6.45) is 1.18. The van der Waals surface area contributed by atoms with E-state index in [1.807, 2.05) is 0 Å². The SMILES string of the molecule is CNC1c2ccccc2CC1SCc1ccccc1. The highest BCUT2D eigenvalue weighted by Gasteiger charge is 2.31. The Morgan fingerprint density at radius 2 is 1.79 bits per heavy atom. The summed E-state index contributed by atoms with van der Waals surface area (Å²) in [5.74, 6) is 1.09. The molecule has 0 bridgehead atoms. The highest BCUT2D eigenvalue weighted by molar-refractivity contribution is 7.99. The van der Waals surface area contributed by atoms with Crippen molar-refractivity contribution in [1.82, 2.24) is 5.32 Å². The summed E-state index contributed by atoms with van der Waals surface area (Å²) in [4.78, 5) is 0. The summed E-state index contributed by atoms with van der Waals surface area (Å²) in [6.45, 7) is 0. The predicted octanol–water partition coefficient (Wildman–Crippen LogP) is 3.81. The van der Waals surface area contributed by atoms with Crippen molar-refractivity contribution in [2.75, 3.05) is 7.05 Å². The summed E-state index contributed by atoms with van der Waals surface area (Å²) in [7, 11) is 2.07. The lowest BCUT2D eigenvalue weighted by Gasteiger charge is -2.19. The Balaban J connectivity index is 1.70. The van der Waals surface area contributed by atoms with Gasteiger partial charge in [-0.25, -0.2) is 0 Å². The molecule has 0 spiro atoms. The van der Waals surface area contributed by atoms with E-state index in [4.69, 9.17) is 0 Å². The minimum Gasteiger partial charge on any atom is -0.312 e. The third-order valence-corrected chi connectivity index (χ3v) is 5.17. The van der Waals surface area contributed by atoms with E-state index in [-0.39, 0.29) is 0 Å². The monoisotopic (exact) mass is 269 g/mol. The number of thioether (sulfide) groups is 1. The van der Waals surface area contributed by atoms with Crippen molar-refractivity contribution >= 4 is 11.8 Å². The molecule has 0 heterocycles. The Hall–Kier alpha value is -1.25. The largest absolute Gasteiger partial charge is 0.312 e. The highest BCUT2D eigenvalue weighted by Crippen LogP contribution is 2.39. The van der Waals surface area contributed by atoms with Gasteiger partial charge in [0.15, 0.2) is 0 Å². The summed E-state index contributed by atoms with van der Waals surface area (Å²) < 4.78 is 0. The number of hydrogen-bond acceptors (Lipinski definition) is 2. The Bertz CT molecular complexity index is 538. The molecule has 1 aliphatic rings. The van der Waals surface area contributed by atoms with Gasteiger partial charge in [-0.3, -0.25) is 0 Å². The first-order valence-electron chi connectivity index (χ1n) is 6.79. The van der Waals surface area contributed by atoms with Crippen molar-refractivity contribution < 1.29 is 0 Å². The van der Waals surface area contributed by atoms with Crippen LogP contribution in [0.15, 0.2) is 54.6 Å². The van der Waals surface area contributed by atoms with Gasteiger partial charge in [0.25, 0.3) is 0 Å². The molecule has 0 radical (unpaired) electrons. The van der Waals surface area contributed by atoms with Crippen LogP contribution in [-0.4, -0.2) is 12.3 Å². The van der Waals surface area contributed by atoms with Gasteiger partial charge in [-0.1, -0.05) is 54.6 Å². The number of rotatable bonds is 4. The normalized spacial score (nSPS) is 21.3. The molecule has 0 amide bonds. The molecule has 2 unspecified atom stereocenters. The molecule has 2 aromatic rings. The fraction of sp³-hybridized carbons (Fsp3) is 0.294. The highest BCUT2D eigenvalue weighted by atomic mass is 32.2. The van der Waals surface area contributed by atoms with E-state index in [1.54, 1.807) is 0 Å². The topological polar surface area (TPSA) is 12.0 Å². The molecular formula is C17H19NS. The van der Waals surface area contributed by atoms with Crippen molar-refractivity contribution in [2.45, 2.75) is 23.5 Å². The molecule has 98 valence electrons. The molecule has 0 fully saturated rings. The van der Waals surface area contributed by atoms with E-state index in [0.29, 0.717) is 11.3 Å². The maximum Gasteiger partial charge on any atom is 0.0444 e. The predicted molar refractivity (Wildman–Crippen MR) is 83.5 cm³/mol. The van der Waals surface area contributed by atoms with Crippen molar-refractivity contribution in [1.29, 1.82) is 0 Å². The molecule has 1 nitrogen and oxygen atoms in total. The van der Waals surface area contributed by atoms with Gasteiger partial charge in [0, 0.05) is 17.0 Å². The van der Waals surface area contributed by atoms with Gasteiger partial charge in [0.05, 0.1) is 0 Å². The average molecular weight is 269 g/mol. The number of nitrogens with one attached hydrogen (secondary N) is 1. The fourth-order valence-corrected chi connectivity index (χ4v) is 4.20. The second-order valence-electron chi connectivity index (χ2n) is 5.00. The molecular weight excluding hydrogens is 250 g/mol. The first kappa shape index (κ1) is 12.8. The zero-order valence-corrected chi connectivity index (χ0v) is 12.0. The first-order chi connectivity index (χ1) is 9.38. The summed E-state index contributed by atoms with van der Waals surface area (Å²) in [5.41, 5.74) is 4.40. The van der Waals surface area contributed by atoms with Crippen molar-refractivity contribution in [2.24, 2.45) is 0 Å². The third-order valence-electron chi connectivity index (χ3n) is 3.80. The lowest BCUT2D eigenvalue weighted by molar-refractivity contribution is 0.603. The Morgan fingerprint density at radius 1 is 1.05 bits per heavy atom. The molecule has 2 heteroatoms. The van der Waals surface area contributed by atoms with Crippen LogP contribution in [0.4, 0.5) is 0 Å². The van der Waals surface area contributed by atoms with Gasteiger partial charge < -0.3 is 5.32 Å². The first-order valence-corrected chi connectivity index (χ1v) is 7.84. The molecule has 0 aliphatic heterocycles. The molecule has 19 heavy (non-hydrogen) atoms. The molecule has 0 aromatic heterocycles. The number of fused-ring (bicyclic) bond motifs is 1. The summed E-state index contributed by atoms with van der Waals surface area (Å²) in [5, 5.41) is 4.13. The maximum absolute atomic E-state index is 3.49. The van der Waals surface area contributed by atoms with Crippen molar-refractivity contribution in [3.05, 3.63) is 71.3 Å². The van der Waals surface area contributed by atoms with E-state index in [9.17, 15) is 0 Å². The van der Waals surface area contributed by atoms with Crippen LogP contribution in [0, 0.1) is 0 Å². The second kappa shape index (κ2) is 5.81. The molecule has 0 saturated heterocycles. The van der Waals surface area contributed by atoms with Gasteiger partial charge >= 0.3 is 0 Å². The fourth-order valence-electron chi connectivity index (χ4n) is 2.83. The van der Waals surface area contributed by atoms with Crippen LogP contribution < -0.4 is 5.32 Å². The van der Waals surface area contributed by atoms with Crippen molar-refractivity contribution in [3.8, 4) is 0 Å². The zero-order chi connectivity index (χ0) is 13.1. The molecule has 0 saturated carbocycles. The van der Waals surface area contributed by atoms with Crippen LogP contribution >= 0.6 is 11.8 Å². The second-order valence-corrected chi connectivity index (χ2v) is 6.23. The lowest BCUT2D eigenvalue weighted by atomic mass is 10.1. The van der Waals surface area contributed by atoms with Crippen LogP contribution in [0.2, 0.25) is 0 Å². The van der Waals surface area contributed by atoms with E-state index in [2.05, 4.69) is 78.7 Å². The minimum absolute atomic E-state index is 0.491. The van der Waals surface area contributed by atoms with Crippen LogP contribution in [-0.2, 0) is 12.2 Å². The number of benzene rings is 2. The van der Waals surface area contributed by atoms with Crippen LogP contribution in [0.3, 0.4) is 0 Å². The lowest BCUT2D eigenvalue weighted by Crippen LogP contribution is -2.23. The Morgan fingerprint density at radius 3 is 2.58 bits per heavy atom. The molecule has 3 rings (SSSR count). The quantitative estimate of drug-likeness (QED) is 0.906. The Labute approximate surface area is 119 Å². The molecule has 2 atom stereocenters. The van der Waals surface area contributed by atoms with E-state index in [0.717, 1.165) is 5.75 Å². The van der Waals surface area contributed by atoms with Gasteiger partial charge in [-0.15, -0.1) is 0 Å². The number of hydrogen-bond donors (Lipinski definition) is 1. The molecule has 2 aromatic carbocycles. The van der Waals surface area contributed by atoms with Crippen LogP contribution in [0.25, 0.3) is 0 Å². The van der Waals surface area contributed by atoms with Crippen molar-refractivity contribution in [3.63, 3.8) is 0 Å². The molecule has 1 aliphatic carbocycles. The van der Waals surface area contributed by atoms with Gasteiger partial charge in [0.2, 0.25) is 0 Å². The van der Waals surface area contributed by atoms with Gasteiger partial charge in [-0.05, 0) is 30.2 Å². The van der Waals surface area contributed by atoms with Gasteiger partial charge in [0.1, 0.15) is 0 Å². The van der Waals surface area contributed by atoms with E-state index >= 15 is 0 Å². The van der Waals surface area contributed by atoms with Crippen LogP contribution in [0.5, 0.6) is 0 Å². The summed E-state index contributed by atoms with van der Waals surface area (Å²) >= 11 is 2.06. The minimum atomic E-state index is 0.491. The standard InChI is InChI=1S/C17H19NS/c1-18-17-15-10-6-5-9-14(15)11-16(17)19-12-13-7-3-2-4-8-13/h2-10,16-18H,11-12H2,1H3. The molecule has 1 N–H and O–H groups in total. The zero-order valence-electron chi connectivity index (χ0n) is 11.2. The maximum atomic E-state index is 3.49. The van der Waals surface area contributed by atoms with Crippen LogP contribution in [0.1, 0.15) is 22.7 Å². The smallest absolute Gasteiger partial charge is 0.0444 e. The average Bonchev–Trinajstić information content (AvgIpc) is 2.83.